The molecule has 1 aromatic heterocycles. The van der Waals surface area contributed by atoms with Crippen molar-refractivity contribution in [3.63, 3.8) is 0 Å². The van der Waals surface area contributed by atoms with Crippen LogP contribution in [0.3, 0.4) is 0 Å². The zero-order chi connectivity index (χ0) is 17.3. The van der Waals surface area contributed by atoms with Gasteiger partial charge in [-0.2, -0.15) is 0 Å². The zero-order valence-electron chi connectivity index (χ0n) is 13.5. The lowest BCUT2D eigenvalue weighted by molar-refractivity contribution is -0.133. The van der Waals surface area contributed by atoms with Gasteiger partial charge in [-0.3, -0.25) is 4.79 Å². The van der Waals surface area contributed by atoms with Crippen LogP contribution in [0.2, 0.25) is 0 Å². The van der Waals surface area contributed by atoms with Gasteiger partial charge in [0.1, 0.15) is 17.5 Å². The van der Waals surface area contributed by atoms with E-state index in [0.29, 0.717) is 19.6 Å². The number of imidazole rings is 1. The highest BCUT2D eigenvalue weighted by atomic mass is 19.1. The van der Waals surface area contributed by atoms with Gasteiger partial charge < -0.3 is 15.2 Å². The monoisotopic (exact) mass is 334 g/mol. The Bertz CT molecular complexity index is 759. The van der Waals surface area contributed by atoms with E-state index >= 15 is 0 Å². The number of aryl methyl sites for hydroxylation is 1. The van der Waals surface area contributed by atoms with Gasteiger partial charge in [-0.15, -0.1) is 0 Å². The molecule has 1 atom stereocenters. The first kappa shape index (κ1) is 16.6. The maximum Gasteiger partial charge on any atom is 0.225 e. The molecule has 3 rings (SSSR count). The molecule has 0 saturated heterocycles. The fourth-order valence-corrected chi connectivity index (χ4v) is 3.02. The highest BCUT2D eigenvalue weighted by molar-refractivity contribution is 5.76. The van der Waals surface area contributed by atoms with Crippen LogP contribution in [-0.4, -0.2) is 32.9 Å². The number of halogens is 2. The average Bonchev–Trinajstić information content (AvgIpc) is 2.89. The molecule has 1 aromatic carbocycles. The number of hydrogen-bond donors (Lipinski definition) is 1. The Morgan fingerprint density at radius 1 is 1.42 bits per heavy atom. The van der Waals surface area contributed by atoms with Crippen LogP contribution in [0, 0.1) is 18.6 Å². The van der Waals surface area contributed by atoms with Crippen molar-refractivity contribution in [2.75, 3.05) is 6.54 Å². The summed E-state index contributed by atoms with van der Waals surface area (Å²) in [5.41, 5.74) is 7.10. The summed E-state index contributed by atoms with van der Waals surface area (Å²) >= 11 is 0. The van der Waals surface area contributed by atoms with E-state index in [1.165, 1.54) is 0 Å². The molecule has 0 spiro atoms. The number of benzene rings is 1. The summed E-state index contributed by atoms with van der Waals surface area (Å²) in [6, 6.07) is 2.71. The molecular formula is C17H20F2N4O. The van der Waals surface area contributed by atoms with Gasteiger partial charge in [0.05, 0.1) is 12.4 Å². The molecule has 7 heteroatoms. The molecule has 2 aromatic rings. The van der Waals surface area contributed by atoms with Crippen molar-refractivity contribution in [2.45, 2.75) is 38.9 Å². The third-order valence-corrected chi connectivity index (χ3v) is 4.19. The third-order valence-electron chi connectivity index (χ3n) is 4.19. The van der Waals surface area contributed by atoms with E-state index in [4.69, 9.17) is 5.73 Å². The van der Waals surface area contributed by atoms with Gasteiger partial charge in [-0.05, 0) is 37.1 Å². The molecule has 1 aliphatic heterocycles. The molecule has 128 valence electrons. The summed E-state index contributed by atoms with van der Waals surface area (Å²) in [5, 5.41) is 0. The van der Waals surface area contributed by atoms with Crippen molar-refractivity contribution >= 4 is 5.91 Å². The van der Waals surface area contributed by atoms with Gasteiger partial charge in [0.25, 0.3) is 0 Å². The molecule has 5 nitrogen and oxygen atoms in total. The highest BCUT2D eigenvalue weighted by Crippen LogP contribution is 2.16. The number of nitrogens with zero attached hydrogens (tertiary/aromatic N) is 3. The fourth-order valence-electron chi connectivity index (χ4n) is 3.02. The van der Waals surface area contributed by atoms with Crippen molar-refractivity contribution in [2.24, 2.45) is 5.73 Å². The molecule has 0 saturated carbocycles. The Labute approximate surface area is 139 Å². The Kier molecular flexibility index (Phi) is 4.62. The first-order valence-electron chi connectivity index (χ1n) is 7.92. The minimum Gasteiger partial charge on any atom is -0.327 e. The molecule has 0 fully saturated rings. The Balaban J connectivity index is 1.59. The van der Waals surface area contributed by atoms with Crippen LogP contribution in [0.25, 0.3) is 0 Å². The van der Waals surface area contributed by atoms with Crippen molar-refractivity contribution < 1.29 is 13.6 Å². The lowest BCUT2D eigenvalue weighted by Gasteiger charge is -2.29. The number of hydrogen-bond acceptors (Lipinski definition) is 3. The molecule has 0 bridgehead atoms. The molecule has 2 N–H and O–H groups in total. The number of fused-ring (bicyclic) bond motifs is 1. The van der Waals surface area contributed by atoms with Crippen LogP contribution in [0.1, 0.15) is 23.5 Å². The number of aromatic nitrogens is 2. The Morgan fingerprint density at radius 3 is 3.00 bits per heavy atom. The topological polar surface area (TPSA) is 64.2 Å². The van der Waals surface area contributed by atoms with Gasteiger partial charge in [0.2, 0.25) is 5.91 Å². The summed E-state index contributed by atoms with van der Waals surface area (Å²) in [6.07, 6.45) is 2.84. The van der Waals surface area contributed by atoms with Crippen LogP contribution in [0.15, 0.2) is 24.4 Å². The summed E-state index contributed by atoms with van der Waals surface area (Å²) in [6.45, 7) is 2.97. The minimum absolute atomic E-state index is 0.0867. The molecule has 1 amide bonds. The summed E-state index contributed by atoms with van der Waals surface area (Å²) < 4.78 is 28.8. The largest absolute Gasteiger partial charge is 0.327 e. The van der Waals surface area contributed by atoms with Gasteiger partial charge in [0.15, 0.2) is 0 Å². The number of amides is 1. The van der Waals surface area contributed by atoms with Crippen LogP contribution in [0.5, 0.6) is 0 Å². The average molecular weight is 334 g/mol. The van der Waals surface area contributed by atoms with Crippen LogP contribution < -0.4 is 5.73 Å². The summed E-state index contributed by atoms with van der Waals surface area (Å²) in [4.78, 5) is 18.5. The normalized spacial score (nSPS) is 15.2. The number of rotatable bonds is 4. The predicted molar refractivity (Wildman–Crippen MR) is 85.0 cm³/mol. The molecule has 1 aliphatic rings. The SMILES string of the molecule is Cc1cn2c(n1)CCN(C(=O)C[C@H](N)Cc1cc(F)ccc1F)C2. The van der Waals surface area contributed by atoms with E-state index in [9.17, 15) is 13.6 Å². The van der Waals surface area contributed by atoms with E-state index in [1.807, 2.05) is 17.7 Å². The minimum atomic E-state index is -0.556. The molecule has 24 heavy (non-hydrogen) atoms. The number of nitrogens with two attached hydrogens (primary N) is 1. The predicted octanol–water partition coefficient (Wildman–Crippen LogP) is 1.77. The van der Waals surface area contributed by atoms with E-state index in [-0.39, 0.29) is 24.3 Å². The van der Waals surface area contributed by atoms with Crippen molar-refractivity contribution in [3.8, 4) is 0 Å². The second-order valence-electron chi connectivity index (χ2n) is 6.22. The maximum absolute atomic E-state index is 13.7. The first-order chi connectivity index (χ1) is 11.4. The van der Waals surface area contributed by atoms with E-state index in [2.05, 4.69) is 4.98 Å². The highest BCUT2D eigenvalue weighted by Gasteiger charge is 2.23. The lowest BCUT2D eigenvalue weighted by Crippen LogP contribution is -2.41. The Hall–Kier alpha value is -2.28. The fraction of sp³-hybridized carbons (Fsp3) is 0.412. The zero-order valence-corrected chi connectivity index (χ0v) is 13.5. The van der Waals surface area contributed by atoms with E-state index in [0.717, 1.165) is 29.7 Å². The van der Waals surface area contributed by atoms with E-state index in [1.54, 1.807) is 4.90 Å². The number of carbonyl (C=O) groups is 1. The molecular weight excluding hydrogens is 314 g/mol. The maximum atomic E-state index is 13.7. The second-order valence-corrected chi connectivity index (χ2v) is 6.22. The lowest BCUT2D eigenvalue weighted by atomic mass is 10.0. The van der Waals surface area contributed by atoms with Crippen molar-refractivity contribution in [1.82, 2.24) is 14.5 Å². The van der Waals surface area contributed by atoms with Crippen molar-refractivity contribution in [3.05, 3.63) is 53.1 Å². The second kappa shape index (κ2) is 6.68. The van der Waals surface area contributed by atoms with E-state index < -0.39 is 17.7 Å². The molecule has 2 heterocycles. The van der Waals surface area contributed by atoms with Crippen LogP contribution >= 0.6 is 0 Å². The third kappa shape index (κ3) is 3.62. The number of carbonyl (C=O) groups excluding carboxylic acids is 1. The van der Waals surface area contributed by atoms with Gasteiger partial charge >= 0.3 is 0 Å². The molecule has 0 unspecified atom stereocenters. The molecule has 0 radical (unpaired) electrons. The van der Waals surface area contributed by atoms with Crippen LogP contribution in [0.4, 0.5) is 8.78 Å². The quantitative estimate of drug-likeness (QED) is 0.927. The molecule has 0 aliphatic carbocycles. The van der Waals surface area contributed by atoms with Crippen molar-refractivity contribution in [1.29, 1.82) is 0 Å². The smallest absolute Gasteiger partial charge is 0.225 e. The van der Waals surface area contributed by atoms with Gasteiger partial charge in [-0.1, -0.05) is 0 Å². The standard InChI is InChI=1S/C17H20F2N4O/c1-11-9-23-10-22(5-4-16(23)21-11)17(24)8-14(20)7-12-6-13(18)2-3-15(12)19/h2-3,6,9,14H,4-5,7-8,10,20H2,1H3/t14-/m1/s1. The summed E-state index contributed by atoms with van der Waals surface area (Å²) in [5.74, 6) is -0.126. The first-order valence-corrected chi connectivity index (χ1v) is 7.92. The van der Waals surface area contributed by atoms with Gasteiger partial charge in [-0.25, -0.2) is 13.8 Å². The van der Waals surface area contributed by atoms with Crippen LogP contribution in [-0.2, 0) is 24.3 Å². The summed E-state index contributed by atoms with van der Waals surface area (Å²) in [7, 11) is 0. The Morgan fingerprint density at radius 2 is 2.21 bits per heavy atom. The van der Waals surface area contributed by atoms with Gasteiger partial charge in [0, 0.05) is 31.6 Å².